The van der Waals surface area contributed by atoms with Gasteiger partial charge in [-0.15, -0.1) is 0 Å². The third kappa shape index (κ3) is 2.19. The van der Waals surface area contributed by atoms with Crippen LogP contribution in [0, 0.1) is 3.57 Å². The molecule has 0 fully saturated rings. The Bertz CT molecular complexity index is 322. The summed E-state index contributed by atoms with van der Waals surface area (Å²) in [6.45, 7) is 0. The largest absolute Gasteiger partial charge is 0.494 e. The van der Waals surface area contributed by atoms with Gasteiger partial charge in [-0.1, -0.05) is 11.6 Å². The van der Waals surface area contributed by atoms with E-state index in [1.807, 2.05) is 22.6 Å². The third-order valence-electron chi connectivity index (χ3n) is 1.37. The van der Waals surface area contributed by atoms with Crippen molar-refractivity contribution in [3.8, 4) is 5.75 Å². The highest BCUT2D eigenvalue weighted by atomic mass is 127. The molecule has 0 radical (unpaired) electrons. The zero-order valence-electron chi connectivity index (χ0n) is 6.52. The van der Waals surface area contributed by atoms with E-state index in [1.165, 1.54) is 13.3 Å². The minimum absolute atomic E-state index is 0.121. The monoisotopic (exact) mass is 319 g/mol. The zero-order chi connectivity index (χ0) is 10.0. The molecule has 1 rings (SSSR count). The predicted molar refractivity (Wildman–Crippen MR) is 53.5 cm³/mol. The van der Waals surface area contributed by atoms with Crippen LogP contribution in [0.1, 0.15) is 12.1 Å². The lowest BCUT2D eigenvalue weighted by molar-refractivity contribution is 0.145. The highest BCUT2D eigenvalue weighted by Crippen LogP contribution is 2.35. The van der Waals surface area contributed by atoms with Crippen molar-refractivity contribution in [2.45, 2.75) is 6.43 Å². The minimum atomic E-state index is -2.68. The van der Waals surface area contributed by atoms with E-state index in [4.69, 9.17) is 16.3 Å². The molecule has 13 heavy (non-hydrogen) atoms. The highest BCUT2D eigenvalue weighted by Gasteiger charge is 2.19. The van der Waals surface area contributed by atoms with Gasteiger partial charge in [0.05, 0.1) is 10.7 Å². The molecule has 0 spiro atoms. The van der Waals surface area contributed by atoms with Gasteiger partial charge in [-0.3, -0.25) is 4.98 Å². The van der Waals surface area contributed by atoms with E-state index in [9.17, 15) is 8.78 Å². The number of hydrogen-bond acceptors (Lipinski definition) is 2. The van der Waals surface area contributed by atoms with Crippen LogP contribution in [-0.2, 0) is 0 Å². The Morgan fingerprint density at radius 1 is 1.62 bits per heavy atom. The van der Waals surface area contributed by atoms with Gasteiger partial charge in [0, 0.05) is 6.20 Å². The maximum atomic E-state index is 12.3. The molecule has 2 nitrogen and oxygen atoms in total. The van der Waals surface area contributed by atoms with E-state index in [-0.39, 0.29) is 10.8 Å². The first-order valence-corrected chi connectivity index (χ1v) is 4.69. The molecule has 0 saturated carbocycles. The molecule has 0 amide bonds. The fourth-order valence-corrected chi connectivity index (χ4v) is 1.90. The third-order valence-corrected chi connectivity index (χ3v) is 2.50. The summed E-state index contributed by atoms with van der Waals surface area (Å²) in [4.78, 5) is 3.52. The lowest BCUT2D eigenvalue weighted by Crippen LogP contribution is -1.97. The van der Waals surface area contributed by atoms with Crippen LogP contribution in [0.15, 0.2) is 6.20 Å². The predicted octanol–water partition coefficient (Wildman–Crippen LogP) is 3.29. The van der Waals surface area contributed by atoms with Gasteiger partial charge >= 0.3 is 0 Å². The minimum Gasteiger partial charge on any atom is -0.494 e. The van der Waals surface area contributed by atoms with Crippen molar-refractivity contribution in [2.24, 2.45) is 0 Å². The van der Waals surface area contributed by atoms with Gasteiger partial charge in [-0.2, -0.15) is 0 Å². The Hall–Kier alpha value is -0.170. The van der Waals surface area contributed by atoms with Crippen LogP contribution in [0.4, 0.5) is 8.78 Å². The molecular formula is C7H5ClF2INO. The van der Waals surface area contributed by atoms with E-state index in [0.717, 1.165) is 0 Å². The molecule has 0 bridgehead atoms. The van der Waals surface area contributed by atoms with Gasteiger partial charge in [0.25, 0.3) is 6.43 Å². The number of rotatable bonds is 2. The highest BCUT2D eigenvalue weighted by molar-refractivity contribution is 14.1. The average molecular weight is 319 g/mol. The van der Waals surface area contributed by atoms with E-state index >= 15 is 0 Å². The summed E-state index contributed by atoms with van der Waals surface area (Å²) in [5, 5.41) is -0.121. The molecule has 0 aliphatic heterocycles. The standard InChI is InChI=1S/C7H5ClF2INO/c1-13-6-3(11)2-12-5(4(6)8)7(9)10/h2,7H,1H3. The van der Waals surface area contributed by atoms with Crippen molar-refractivity contribution in [1.29, 1.82) is 0 Å². The van der Waals surface area contributed by atoms with Crippen LogP contribution in [0.25, 0.3) is 0 Å². The number of ether oxygens (including phenoxy) is 1. The molecule has 0 aromatic carbocycles. The van der Waals surface area contributed by atoms with Gasteiger partial charge in [0.1, 0.15) is 10.7 Å². The molecule has 0 aliphatic carbocycles. The van der Waals surface area contributed by atoms with E-state index in [0.29, 0.717) is 3.57 Å². The summed E-state index contributed by atoms with van der Waals surface area (Å²) in [7, 11) is 1.37. The number of halogens is 4. The van der Waals surface area contributed by atoms with Gasteiger partial charge in [-0.25, -0.2) is 8.78 Å². The van der Waals surface area contributed by atoms with Crippen LogP contribution in [-0.4, -0.2) is 12.1 Å². The zero-order valence-corrected chi connectivity index (χ0v) is 9.44. The summed E-state index contributed by atoms with van der Waals surface area (Å²) in [5.74, 6) is 0.243. The van der Waals surface area contributed by atoms with Crippen LogP contribution in [0.5, 0.6) is 5.75 Å². The van der Waals surface area contributed by atoms with Gasteiger partial charge in [0.2, 0.25) is 0 Å². The fourth-order valence-electron chi connectivity index (χ4n) is 0.802. The fraction of sp³-hybridized carbons (Fsp3) is 0.286. The van der Waals surface area contributed by atoms with Crippen molar-refractivity contribution in [3.63, 3.8) is 0 Å². The molecule has 1 aromatic rings. The Kier molecular flexibility index (Phi) is 3.66. The second-order valence-corrected chi connectivity index (χ2v) is 3.68. The summed E-state index contributed by atoms with van der Waals surface area (Å²) >= 11 is 7.55. The smallest absolute Gasteiger partial charge is 0.281 e. The van der Waals surface area contributed by atoms with E-state index in [2.05, 4.69) is 4.98 Å². The number of aromatic nitrogens is 1. The van der Waals surface area contributed by atoms with Crippen molar-refractivity contribution in [1.82, 2.24) is 4.98 Å². The quantitative estimate of drug-likeness (QED) is 0.781. The lowest BCUT2D eigenvalue weighted by atomic mass is 10.3. The topological polar surface area (TPSA) is 22.1 Å². The van der Waals surface area contributed by atoms with E-state index in [1.54, 1.807) is 0 Å². The number of alkyl halides is 2. The second kappa shape index (κ2) is 4.36. The van der Waals surface area contributed by atoms with Crippen LogP contribution < -0.4 is 4.74 Å². The Labute approximate surface area is 92.4 Å². The average Bonchev–Trinajstić information content (AvgIpc) is 2.04. The van der Waals surface area contributed by atoms with Gasteiger partial charge in [-0.05, 0) is 22.6 Å². The first-order chi connectivity index (χ1) is 6.07. The number of nitrogens with zero attached hydrogens (tertiary/aromatic N) is 1. The Balaban J connectivity index is 3.27. The maximum Gasteiger partial charge on any atom is 0.281 e. The van der Waals surface area contributed by atoms with Crippen molar-refractivity contribution >= 4 is 34.2 Å². The first-order valence-electron chi connectivity index (χ1n) is 3.24. The summed E-state index contributed by atoms with van der Waals surface area (Å²) < 4.78 is 30.0. The summed E-state index contributed by atoms with van der Waals surface area (Å²) in [5.41, 5.74) is -0.445. The summed E-state index contributed by atoms with van der Waals surface area (Å²) in [6.07, 6.45) is -1.38. The van der Waals surface area contributed by atoms with Crippen LogP contribution in [0.3, 0.4) is 0 Å². The van der Waals surface area contributed by atoms with Crippen molar-refractivity contribution < 1.29 is 13.5 Å². The first kappa shape index (κ1) is 10.9. The maximum absolute atomic E-state index is 12.3. The molecule has 1 aromatic heterocycles. The van der Waals surface area contributed by atoms with Crippen molar-refractivity contribution in [3.05, 3.63) is 20.5 Å². The lowest BCUT2D eigenvalue weighted by Gasteiger charge is -2.08. The van der Waals surface area contributed by atoms with Gasteiger partial charge < -0.3 is 4.74 Å². The number of pyridine rings is 1. The molecule has 0 unspecified atom stereocenters. The molecule has 6 heteroatoms. The molecule has 0 atom stereocenters. The second-order valence-electron chi connectivity index (χ2n) is 2.14. The Morgan fingerprint density at radius 2 is 2.23 bits per heavy atom. The molecule has 72 valence electrons. The molecule has 1 heterocycles. The SMILES string of the molecule is COc1c(I)cnc(C(F)F)c1Cl. The molecule has 0 N–H and O–H groups in total. The van der Waals surface area contributed by atoms with Crippen LogP contribution in [0.2, 0.25) is 5.02 Å². The normalized spacial score (nSPS) is 10.6. The molecule has 0 saturated heterocycles. The van der Waals surface area contributed by atoms with Gasteiger partial charge in [0.15, 0.2) is 5.75 Å². The molecule has 0 aliphatic rings. The molecular weight excluding hydrogens is 314 g/mol. The van der Waals surface area contributed by atoms with Crippen LogP contribution >= 0.6 is 34.2 Å². The van der Waals surface area contributed by atoms with E-state index < -0.39 is 12.1 Å². The summed E-state index contributed by atoms with van der Waals surface area (Å²) in [6, 6.07) is 0. The number of methoxy groups -OCH3 is 1. The number of hydrogen-bond donors (Lipinski definition) is 0. The van der Waals surface area contributed by atoms with Crippen molar-refractivity contribution in [2.75, 3.05) is 7.11 Å². The Morgan fingerprint density at radius 3 is 2.69 bits per heavy atom.